The first kappa shape index (κ1) is 8.54. The summed E-state index contributed by atoms with van der Waals surface area (Å²) in [6.07, 6.45) is 0. The lowest BCUT2D eigenvalue weighted by Gasteiger charge is -1.94. The predicted molar refractivity (Wildman–Crippen MR) is 37.5 cm³/mol. The summed E-state index contributed by atoms with van der Waals surface area (Å²) in [6, 6.07) is 0. The van der Waals surface area contributed by atoms with Crippen molar-refractivity contribution in [3.63, 3.8) is 0 Å². The van der Waals surface area contributed by atoms with E-state index in [4.69, 9.17) is 5.11 Å². The molecule has 6 heteroatoms. The average molecular weight is 172 g/mol. The highest BCUT2D eigenvalue weighted by molar-refractivity contribution is 5.90. The Bertz CT molecular complexity index is 294. The van der Waals surface area contributed by atoms with Crippen LogP contribution in [0.5, 0.6) is 5.75 Å². The molecule has 1 aromatic rings. The summed E-state index contributed by atoms with van der Waals surface area (Å²) >= 11 is 0. The zero-order chi connectivity index (χ0) is 9.14. The molecule has 0 atom stereocenters. The molecule has 12 heavy (non-hydrogen) atoms. The fraction of sp³-hybridized carbons (Fsp3) is 0.333. The highest BCUT2D eigenvalue weighted by atomic mass is 16.5. The maximum atomic E-state index is 10.8. The van der Waals surface area contributed by atoms with Gasteiger partial charge in [0.15, 0.2) is 11.4 Å². The maximum absolute atomic E-state index is 10.8. The monoisotopic (exact) mass is 172 g/mol. The van der Waals surface area contributed by atoms with Crippen LogP contribution < -0.4 is 0 Å². The molecule has 0 spiro atoms. The molecule has 1 heterocycles. The molecule has 66 valence electrons. The van der Waals surface area contributed by atoms with Crippen LogP contribution in [0.25, 0.3) is 0 Å². The molecule has 0 radical (unpaired) electrons. The largest absolute Gasteiger partial charge is 0.504 e. The summed E-state index contributed by atoms with van der Waals surface area (Å²) in [4.78, 5) is 10.8. The molecule has 0 aromatic carbocycles. The maximum Gasteiger partial charge on any atom is 0.359 e. The van der Waals surface area contributed by atoms with Gasteiger partial charge in [-0.1, -0.05) is 0 Å². The minimum atomic E-state index is -0.723. The Labute approximate surface area is 67.8 Å². The molecule has 3 N–H and O–H groups in total. The van der Waals surface area contributed by atoms with Crippen LogP contribution in [0.15, 0.2) is 0 Å². The minimum Gasteiger partial charge on any atom is -0.504 e. The summed E-state index contributed by atoms with van der Waals surface area (Å²) in [6.45, 7) is -0.431. The van der Waals surface area contributed by atoms with E-state index >= 15 is 0 Å². The molecule has 0 bridgehead atoms. The van der Waals surface area contributed by atoms with E-state index in [-0.39, 0.29) is 17.1 Å². The van der Waals surface area contributed by atoms with E-state index < -0.39 is 12.6 Å². The third kappa shape index (κ3) is 1.24. The summed E-state index contributed by atoms with van der Waals surface area (Å²) in [7, 11) is 1.18. The van der Waals surface area contributed by atoms with E-state index in [1.807, 2.05) is 0 Å². The second-order valence-electron chi connectivity index (χ2n) is 2.04. The molecule has 6 nitrogen and oxygen atoms in total. The molecule has 0 saturated heterocycles. The SMILES string of the molecule is COC(=O)c1[nH]nc(CO)c1O. The van der Waals surface area contributed by atoms with Crippen molar-refractivity contribution in [2.24, 2.45) is 0 Å². The molecule has 0 aliphatic carbocycles. The molecular weight excluding hydrogens is 164 g/mol. The first-order valence-corrected chi connectivity index (χ1v) is 3.16. The van der Waals surface area contributed by atoms with Crippen LogP contribution in [0.3, 0.4) is 0 Å². The van der Waals surface area contributed by atoms with Gasteiger partial charge in [0.05, 0.1) is 13.7 Å². The number of carbonyl (C=O) groups is 1. The fourth-order valence-corrected chi connectivity index (χ4v) is 0.728. The summed E-state index contributed by atoms with van der Waals surface area (Å²) in [5.74, 6) is -1.09. The van der Waals surface area contributed by atoms with Gasteiger partial charge in [0, 0.05) is 0 Å². The van der Waals surface area contributed by atoms with Crippen molar-refractivity contribution in [1.29, 1.82) is 0 Å². The first-order chi connectivity index (χ1) is 5.70. The minimum absolute atomic E-state index is 0.0235. The number of hydrogen-bond donors (Lipinski definition) is 3. The van der Waals surface area contributed by atoms with Crippen molar-refractivity contribution < 1.29 is 19.7 Å². The third-order valence-electron chi connectivity index (χ3n) is 1.35. The number of aromatic nitrogens is 2. The van der Waals surface area contributed by atoms with Gasteiger partial charge in [-0.05, 0) is 0 Å². The van der Waals surface area contributed by atoms with Gasteiger partial charge in [-0.25, -0.2) is 4.79 Å². The van der Waals surface area contributed by atoms with Crippen LogP contribution in [0.2, 0.25) is 0 Å². The van der Waals surface area contributed by atoms with E-state index in [2.05, 4.69) is 14.9 Å². The normalized spacial score (nSPS) is 9.83. The molecule has 1 rings (SSSR count). The number of ether oxygens (including phenoxy) is 1. The van der Waals surface area contributed by atoms with Gasteiger partial charge in [-0.15, -0.1) is 0 Å². The number of aromatic hydroxyl groups is 1. The summed E-state index contributed by atoms with van der Waals surface area (Å²) < 4.78 is 4.32. The number of aliphatic hydroxyl groups is 1. The molecule has 0 aliphatic rings. The van der Waals surface area contributed by atoms with Gasteiger partial charge >= 0.3 is 5.97 Å². The lowest BCUT2D eigenvalue weighted by Crippen LogP contribution is -2.01. The standard InChI is InChI=1S/C6H8N2O4/c1-12-6(11)4-5(10)3(2-9)7-8-4/h9-10H,2H2,1H3,(H,7,8). The molecule has 0 saturated carbocycles. The van der Waals surface area contributed by atoms with E-state index in [1.165, 1.54) is 7.11 Å². The van der Waals surface area contributed by atoms with Gasteiger partial charge in [0.25, 0.3) is 0 Å². The number of rotatable bonds is 2. The van der Waals surface area contributed by atoms with Gasteiger partial charge in [0.2, 0.25) is 0 Å². The lowest BCUT2D eigenvalue weighted by molar-refractivity contribution is 0.0590. The van der Waals surface area contributed by atoms with E-state index in [0.29, 0.717) is 0 Å². The number of nitrogens with one attached hydrogen (secondary N) is 1. The Morgan fingerprint density at radius 2 is 2.42 bits per heavy atom. The Kier molecular flexibility index (Phi) is 2.29. The van der Waals surface area contributed by atoms with Crippen LogP contribution >= 0.6 is 0 Å². The molecular formula is C6H8N2O4. The second-order valence-corrected chi connectivity index (χ2v) is 2.04. The van der Waals surface area contributed by atoms with Crippen LogP contribution in [-0.4, -0.2) is 33.5 Å². The Balaban J connectivity index is 3.02. The molecule has 0 fully saturated rings. The number of carbonyl (C=O) groups excluding carboxylic acids is 1. The van der Waals surface area contributed by atoms with Crippen LogP contribution in [0.1, 0.15) is 16.2 Å². The van der Waals surface area contributed by atoms with E-state index in [0.717, 1.165) is 0 Å². The molecule has 1 aromatic heterocycles. The van der Waals surface area contributed by atoms with Crippen molar-refractivity contribution in [3.05, 3.63) is 11.4 Å². The molecule has 0 aliphatic heterocycles. The quantitative estimate of drug-likeness (QED) is 0.517. The van der Waals surface area contributed by atoms with Gasteiger partial charge in [-0.3, -0.25) is 5.10 Å². The van der Waals surface area contributed by atoms with Gasteiger partial charge in [-0.2, -0.15) is 5.10 Å². The number of methoxy groups -OCH3 is 1. The number of aliphatic hydroxyl groups excluding tert-OH is 1. The third-order valence-corrected chi connectivity index (χ3v) is 1.35. The van der Waals surface area contributed by atoms with Crippen molar-refractivity contribution in [2.45, 2.75) is 6.61 Å². The number of aromatic amines is 1. The topological polar surface area (TPSA) is 95.4 Å². The van der Waals surface area contributed by atoms with Crippen molar-refractivity contribution >= 4 is 5.97 Å². The van der Waals surface area contributed by atoms with Crippen LogP contribution in [-0.2, 0) is 11.3 Å². The summed E-state index contributed by atoms with van der Waals surface area (Å²) in [5.41, 5.74) is -0.128. The van der Waals surface area contributed by atoms with Crippen molar-refractivity contribution in [3.8, 4) is 5.75 Å². The highest BCUT2D eigenvalue weighted by Gasteiger charge is 2.17. The van der Waals surface area contributed by atoms with Gasteiger partial charge < -0.3 is 14.9 Å². The Morgan fingerprint density at radius 1 is 1.75 bits per heavy atom. The zero-order valence-electron chi connectivity index (χ0n) is 6.37. The van der Waals surface area contributed by atoms with Crippen LogP contribution in [0, 0.1) is 0 Å². The van der Waals surface area contributed by atoms with Gasteiger partial charge in [0.1, 0.15) is 5.69 Å². The first-order valence-electron chi connectivity index (χ1n) is 3.16. The number of nitrogens with zero attached hydrogens (tertiary/aromatic N) is 1. The average Bonchev–Trinajstić information content (AvgIpc) is 2.45. The van der Waals surface area contributed by atoms with Crippen molar-refractivity contribution in [2.75, 3.05) is 7.11 Å². The van der Waals surface area contributed by atoms with E-state index in [9.17, 15) is 9.90 Å². The number of hydrogen-bond acceptors (Lipinski definition) is 5. The smallest absolute Gasteiger partial charge is 0.359 e. The summed E-state index contributed by atoms with van der Waals surface area (Å²) in [5, 5.41) is 23.5. The number of esters is 1. The van der Waals surface area contributed by atoms with Crippen LogP contribution in [0.4, 0.5) is 0 Å². The van der Waals surface area contributed by atoms with E-state index in [1.54, 1.807) is 0 Å². The Morgan fingerprint density at radius 3 is 2.83 bits per heavy atom. The van der Waals surface area contributed by atoms with Crippen molar-refractivity contribution in [1.82, 2.24) is 10.2 Å². The predicted octanol–water partition coefficient (Wildman–Crippen LogP) is -0.606. The fourth-order valence-electron chi connectivity index (χ4n) is 0.728. The second kappa shape index (κ2) is 3.22. The highest BCUT2D eigenvalue weighted by Crippen LogP contribution is 2.19. The lowest BCUT2D eigenvalue weighted by atomic mass is 10.3. The number of H-pyrrole nitrogens is 1. The molecule has 0 unspecified atom stereocenters. The Hall–Kier alpha value is -1.56. The zero-order valence-corrected chi connectivity index (χ0v) is 6.37. The molecule has 0 amide bonds.